The van der Waals surface area contributed by atoms with Crippen LogP contribution in [0.15, 0.2) is 31.3 Å². The van der Waals surface area contributed by atoms with Gasteiger partial charge in [0.25, 0.3) is 0 Å². The van der Waals surface area contributed by atoms with Gasteiger partial charge in [-0.1, -0.05) is 46.4 Å². The van der Waals surface area contributed by atoms with Crippen molar-refractivity contribution in [2.75, 3.05) is 0 Å². The van der Waals surface area contributed by atoms with E-state index in [2.05, 4.69) is 0 Å². The number of hydrogen-bond acceptors (Lipinski definition) is 2. The van der Waals surface area contributed by atoms with Crippen LogP contribution in [0.3, 0.4) is 0 Å². The van der Waals surface area contributed by atoms with Crippen LogP contribution in [0.4, 0.5) is 0 Å². The van der Waals surface area contributed by atoms with Crippen LogP contribution in [0.2, 0.25) is 0 Å². The average Bonchev–Trinajstić information content (AvgIpc) is 2.64. The van der Waals surface area contributed by atoms with Crippen molar-refractivity contribution in [1.29, 1.82) is 0 Å². The number of halogens is 6. The Hall–Kier alpha value is 0.300. The smallest absolute Gasteiger partial charge is 0.198 e. The number of carbonyl (C=O) groups is 2. The SMILES string of the molecule is O=C1C(Cl)=C(Cl)/C(=C2/C(Cl)=C(Cl)C(=O)[C@@H]2Cl)[C@@H]1Cl. The van der Waals surface area contributed by atoms with Gasteiger partial charge in [0, 0.05) is 11.1 Å². The van der Waals surface area contributed by atoms with E-state index < -0.39 is 22.3 Å². The molecule has 0 aliphatic heterocycles. The zero-order valence-electron chi connectivity index (χ0n) is 8.24. The van der Waals surface area contributed by atoms with E-state index in [-0.39, 0.29) is 31.3 Å². The van der Waals surface area contributed by atoms with E-state index in [4.69, 9.17) is 69.6 Å². The van der Waals surface area contributed by atoms with Crippen LogP contribution in [0, 0.1) is 0 Å². The molecule has 2 rings (SSSR count). The summed E-state index contributed by atoms with van der Waals surface area (Å²) in [5.41, 5.74) is 0.282. The predicted octanol–water partition coefficient (Wildman–Crippen LogP) is 4.04. The van der Waals surface area contributed by atoms with Gasteiger partial charge in [-0.05, 0) is 0 Å². The van der Waals surface area contributed by atoms with Crippen molar-refractivity contribution in [1.82, 2.24) is 0 Å². The zero-order valence-corrected chi connectivity index (χ0v) is 12.8. The highest BCUT2D eigenvalue weighted by atomic mass is 35.5. The van der Waals surface area contributed by atoms with Crippen LogP contribution in [0.1, 0.15) is 0 Å². The number of Topliss-reactive ketones (excluding diaryl/α,β-unsaturated/α-hetero) is 2. The number of ketones is 2. The predicted molar refractivity (Wildman–Crippen MR) is 73.8 cm³/mol. The Morgan fingerprint density at radius 2 is 0.889 bits per heavy atom. The molecule has 0 heterocycles. The number of alkyl halides is 2. The first-order valence-electron chi connectivity index (χ1n) is 4.51. The number of carbonyl (C=O) groups excluding carboxylic acids is 2. The second-order valence-corrected chi connectivity index (χ2v) is 5.92. The molecule has 96 valence electrons. The molecule has 2 aliphatic rings. The zero-order chi connectivity index (χ0) is 13.8. The van der Waals surface area contributed by atoms with Gasteiger partial charge < -0.3 is 0 Å². The normalized spacial score (nSPS) is 33.2. The third-order valence-corrected chi connectivity index (χ3v) is 5.11. The summed E-state index contributed by atoms with van der Waals surface area (Å²) in [6.07, 6.45) is 0. The molecule has 0 saturated carbocycles. The van der Waals surface area contributed by atoms with Gasteiger partial charge in [0.1, 0.15) is 20.8 Å². The lowest BCUT2D eigenvalue weighted by molar-refractivity contribution is -0.114. The van der Waals surface area contributed by atoms with E-state index in [9.17, 15) is 9.59 Å². The van der Waals surface area contributed by atoms with Crippen molar-refractivity contribution in [2.45, 2.75) is 10.8 Å². The molecule has 0 aromatic rings. The van der Waals surface area contributed by atoms with Crippen molar-refractivity contribution in [2.24, 2.45) is 0 Å². The quantitative estimate of drug-likeness (QED) is 0.606. The Labute approximate surface area is 132 Å². The number of hydrogen-bond donors (Lipinski definition) is 0. The Kier molecular flexibility index (Phi) is 4.09. The third kappa shape index (κ3) is 1.94. The van der Waals surface area contributed by atoms with Crippen molar-refractivity contribution >= 4 is 81.2 Å². The largest absolute Gasteiger partial charge is 0.291 e. The van der Waals surface area contributed by atoms with Crippen molar-refractivity contribution in [3.63, 3.8) is 0 Å². The fourth-order valence-corrected chi connectivity index (χ4v) is 3.59. The van der Waals surface area contributed by atoms with Gasteiger partial charge in [-0.2, -0.15) is 0 Å². The summed E-state index contributed by atoms with van der Waals surface area (Å²) < 4.78 is 0. The Morgan fingerprint density at radius 1 is 0.611 bits per heavy atom. The lowest BCUT2D eigenvalue weighted by atomic mass is 10.1. The molecule has 2 aliphatic carbocycles. The van der Waals surface area contributed by atoms with Crippen LogP contribution in [-0.4, -0.2) is 22.3 Å². The molecule has 8 heteroatoms. The van der Waals surface area contributed by atoms with E-state index in [0.717, 1.165) is 0 Å². The molecule has 2 atom stereocenters. The molecule has 0 bridgehead atoms. The summed E-state index contributed by atoms with van der Waals surface area (Å²) in [4.78, 5) is 23.2. The van der Waals surface area contributed by atoms with Gasteiger partial charge in [0.15, 0.2) is 11.6 Å². The maximum absolute atomic E-state index is 11.6. The van der Waals surface area contributed by atoms with Gasteiger partial charge in [-0.3, -0.25) is 9.59 Å². The molecule has 0 aromatic heterocycles. The van der Waals surface area contributed by atoms with Crippen LogP contribution in [0.25, 0.3) is 0 Å². The molecule has 0 fully saturated rings. The Morgan fingerprint density at radius 3 is 1.06 bits per heavy atom. The molecule has 18 heavy (non-hydrogen) atoms. The van der Waals surface area contributed by atoms with Gasteiger partial charge in [0.05, 0.1) is 10.1 Å². The van der Waals surface area contributed by atoms with Gasteiger partial charge in [0.2, 0.25) is 0 Å². The van der Waals surface area contributed by atoms with E-state index in [0.29, 0.717) is 0 Å². The topological polar surface area (TPSA) is 34.1 Å². The van der Waals surface area contributed by atoms with E-state index in [1.807, 2.05) is 0 Å². The highest BCUT2D eigenvalue weighted by Gasteiger charge is 2.44. The summed E-state index contributed by atoms with van der Waals surface area (Å²) in [5, 5.41) is -2.76. The van der Waals surface area contributed by atoms with E-state index >= 15 is 0 Å². The minimum Gasteiger partial charge on any atom is -0.291 e. The maximum Gasteiger partial charge on any atom is 0.198 e. The summed E-state index contributed by atoms with van der Waals surface area (Å²) in [5.74, 6) is -1.12. The number of allylic oxidation sites excluding steroid dienone is 6. The molecular weight excluding hydrogens is 365 g/mol. The lowest BCUT2D eigenvalue weighted by Gasteiger charge is -2.11. The molecular formula is C10H2Cl6O2. The van der Waals surface area contributed by atoms with Gasteiger partial charge in [-0.15, -0.1) is 23.2 Å². The van der Waals surface area contributed by atoms with Crippen LogP contribution in [-0.2, 0) is 9.59 Å². The fourth-order valence-electron chi connectivity index (χ4n) is 1.67. The standard InChI is InChI=1S/C10H2Cl6O2/c11-3-1(5(13)9(17)7(3)15)2-4(12)8(16)10(18)6(2)14/h5-6H/b2-1+/t5-,6+. The summed E-state index contributed by atoms with van der Waals surface area (Å²) in [6.45, 7) is 0. The highest BCUT2D eigenvalue weighted by molar-refractivity contribution is 6.60. The molecule has 0 spiro atoms. The Bertz CT molecular complexity index is 521. The lowest BCUT2D eigenvalue weighted by Crippen LogP contribution is -2.16. The van der Waals surface area contributed by atoms with Crippen LogP contribution >= 0.6 is 69.6 Å². The van der Waals surface area contributed by atoms with Crippen molar-refractivity contribution in [3.8, 4) is 0 Å². The van der Waals surface area contributed by atoms with E-state index in [1.54, 1.807) is 0 Å². The minimum atomic E-state index is -1.12. The van der Waals surface area contributed by atoms with Gasteiger partial charge >= 0.3 is 0 Å². The van der Waals surface area contributed by atoms with Crippen molar-refractivity contribution in [3.05, 3.63) is 31.3 Å². The van der Waals surface area contributed by atoms with Crippen molar-refractivity contribution < 1.29 is 9.59 Å². The maximum atomic E-state index is 11.6. The molecule has 2 nitrogen and oxygen atoms in total. The highest BCUT2D eigenvalue weighted by Crippen LogP contribution is 2.47. The molecule has 0 radical (unpaired) electrons. The first-order chi connectivity index (χ1) is 8.29. The minimum absolute atomic E-state index is 0.0559. The summed E-state index contributed by atoms with van der Waals surface area (Å²) in [6, 6.07) is 0. The first-order valence-corrected chi connectivity index (χ1v) is 6.89. The molecule has 0 N–H and O–H groups in total. The van der Waals surface area contributed by atoms with Gasteiger partial charge in [-0.25, -0.2) is 0 Å². The fraction of sp³-hybridized carbons (Fsp3) is 0.200. The summed E-state index contributed by atoms with van der Waals surface area (Å²) >= 11 is 35.1. The molecule has 0 amide bonds. The second kappa shape index (κ2) is 5.01. The average molecular weight is 367 g/mol. The van der Waals surface area contributed by atoms with Crippen LogP contribution in [0.5, 0.6) is 0 Å². The van der Waals surface area contributed by atoms with E-state index in [1.165, 1.54) is 0 Å². The monoisotopic (exact) mass is 364 g/mol. The first kappa shape index (κ1) is 14.7. The number of rotatable bonds is 0. The third-order valence-electron chi connectivity index (χ3n) is 2.55. The molecule has 0 aromatic carbocycles. The van der Waals surface area contributed by atoms with Crippen LogP contribution < -0.4 is 0 Å². The Balaban J connectivity index is 2.71. The summed E-state index contributed by atoms with van der Waals surface area (Å²) in [7, 11) is 0. The molecule has 0 saturated heterocycles. The molecule has 0 unspecified atom stereocenters. The second-order valence-electron chi connectivity index (χ2n) is 3.54.